The van der Waals surface area contributed by atoms with Crippen LogP contribution in [0.25, 0.3) is 0 Å². The van der Waals surface area contributed by atoms with Crippen LogP contribution in [0.5, 0.6) is 0 Å². The number of carbonyl (C=O) groups excluding carboxylic acids is 1. The van der Waals surface area contributed by atoms with Gasteiger partial charge in [-0.2, -0.15) is 0 Å². The molecule has 0 aromatic carbocycles. The third-order valence-electron chi connectivity index (χ3n) is 2.20. The van der Waals surface area contributed by atoms with E-state index in [1.54, 1.807) is 4.90 Å². The molecule has 0 radical (unpaired) electrons. The number of urea groups is 1. The molecule has 2 amide bonds. The molecule has 0 spiro atoms. The zero-order chi connectivity index (χ0) is 9.68. The molecular weight excluding hydrogens is 170 g/mol. The lowest BCUT2D eigenvalue weighted by molar-refractivity contribution is 0.0875. The summed E-state index contributed by atoms with van der Waals surface area (Å²) in [7, 11) is 3.51. The molecule has 0 bridgehead atoms. The molecule has 1 saturated heterocycles. The van der Waals surface area contributed by atoms with Crippen molar-refractivity contribution in [3.05, 3.63) is 0 Å². The summed E-state index contributed by atoms with van der Waals surface area (Å²) in [5.74, 6) is 0. The highest BCUT2D eigenvalue weighted by molar-refractivity contribution is 5.73. The third kappa shape index (κ3) is 3.20. The molecule has 0 aliphatic carbocycles. The van der Waals surface area contributed by atoms with Gasteiger partial charge in [-0.15, -0.1) is 0 Å². The molecule has 0 saturated carbocycles. The molecule has 0 aromatic rings. The van der Waals surface area contributed by atoms with E-state index in [4.69, 9.17) is 0 Å². The summed E-state index contributed by atoms with van der Waals surface area (Å²) in [6.07, 6.45) is 1.02. The Morgan fingerprint density at radius 3 is 2.77 bits per heavy atom. The summed E-state index contributed by atoms with van der Waals surface area (Å²) in [5, 5.41) is 0. The molecule has 0 aromatic heterocycles. The SMILES string of the molecule is CONC(=O)N1CCCN(C)CC1. The van der Waals surface area contributed by atoms with Crippen molar-refractivity contribution < 1.29 is 9.63 Å². The summed E-state index contributed by atoms with van der Waals surface area (Å²) in [5.41, 5.74) is 2.33. The van der Waals surface area contributed by atoms with Crippen molar-refractivity contribution in [2.75, 3.05) is 40.3 Å². The molecule has 1 aliphatic rings. The Bertz CT molecular complexity index is 175. The minimum Gasteiger partial charge on any atom is -0.322 e. The summed E-state index contributed by atoms with van der Waals surface area (Å²) in [6.45, 7) is 3.55. The van der Waals surface area contributed by atoms with Crippen LogP contribution < -0.4 is 5.48 Å². The summed E-state index contributed by atoms with van der Waals surface area (Å²) < 4.78 is 0. The smallest absolute Gasteiger partial charge is 0.322 e. The van der Waals surface area contributed by atoms with Gasteiger partial charge in [0.1, 0.15) is 0 Å². The Morgan fingerprint density at radius 2 is 2.08 bits per heavy atom. The monoisotopic (exact) mass is 187 g/mol. The van der Waals surface area contributed by atoms with Crippen LogP contribution in [0.4, 0.5) is 4.79 Å². The second kappa shape index (κ2) is 5.04. The lowest BCUT2D eigenvalue weighted by atomic mass is 10.4. The number of rotatable bonds is 1. The average molecular weight is 187 g/mol. The van der Waals surface area contributed by atoms with E-state index in [0.717, 1.165) is 32.6 Å². The molecule has 0 unspecified atom stereocenters. The standard InChI is InChI=1S/C8H17N3O2/c1-10-4-3-5-11(7-6-10)8(12)9-13-2/h3-7H2,1-2H3,(H,9,12). The van der Waals surface area contributed by atoms with Crippen LogP contribution in [-0.4, -0.2) is 56.2 Å². The predicted octanol–water partition coefficient (Wildman–Crippen LogP) is -0.105. The van der Waals surface area contributed by atoms with Crippen molar-refractivity contribution in [2.24, 2.45) is 0 Å². The van der Waals surface area contributed by atoms with Crippen LogP contribution in [0.15, 0.2) is 0 Å². The van der Waals surface area contributed by atoms with E-state index in [0.29, 0.717) is 0 Å². The summed E-state index contributed by atoms with van der Waals surface area (Å²) >= 11 is 0. The fourth-order valence-electron chi connectivity index (χ4n) is 1.40. The molecule has 0 atom stereocenters. The lowest BCUT2D eigenvalue weighted by Gasteiger charge is -2.19. The van der Waals surface area contributed by atoms with Crippen LogP contribution in [0.1, 0.15) is 6.42 Å². The van der Waals surface area contributed by atoms with Crippen molar-refractivity contribution in [2.45, 2.75) is 6.42 Å². The van der Waals surface area contributed by atoms with Crippen LogP contribution >= 0.6 is 0 Å². The molecule has 1 fully saturated rings. The van der Waals surface area contributed by atoms with E-state index >= 15 is 0 Å². The van der Waals surface area contributed by atoms with Crippen molar-refractivity contribution in [1.29, 1.82) is 0 Å². The summed E-state index contributed by atoms with van der Waals surface area (Å²) in [6, 6.07) is -0.141. The Kier molecular flexibility index (Phi) is 3.98. The summed E-state index contributed by atoms with van der Waals surface area (Å²) in [4.78, 5) is 19.9. The van der Waals surface area contributed by atoms with Gasteiger partial charge in [0, 0.05) is 19.6 Å². The van der Waals surface area contributed by atoms with Gasteiger partial charge < -0.3 is 9.80 Å². The van der Waals surface area contributed by atoms with Gasteiger partial charge in [0.15, 0.2) is 0 Å². The molecule has 5 heteroatoms. The molecule has 76 valence electrons. The van der Waals surface area contributed by atoms with Crippen molar-refractivity contribution in [3.63, 3.8) is 0 Å². The quantitative estimate of drug-likeness (QED) is 0.583. The number of hydrogen-bond donors (Lipinski definition) is 1. The Labute approximate surface area is 78.6 Å². The first-order valence-electron chi connectivity index (χ1n) is 4.50. The highest BCUT2D eigenvalue weighted by Gasteiger charge is 2.16. The molecule has 1 heterocycles. The van der Waals surface area contributed by atoms with E-state index in [9.17, 15) is 4.79 Å². The van der Waals surface area contributed by atoms with Crippen molar-refractivity contribution >= 4 is 6.03 Å². The highest BCUT2D eigenvalue weighted by Crippen LogP contribution is 2.00. The van der Waals surface area contributed by atoms with E-state index in [2.05, 4.69) is 22.3 Å². The van der Waals surface area contributed by atoms with E-state index < -0.39 is 0 Å². The van der Waals surface area contributed by atoms with Gasteiger partial charge in [-0.05, 0) is 20.0 Å². The van der Waals surface area contributed by atoms with E-state index in [-0.39, 0.29) is 6.03 Å². The maximum atomic E-state index is 11.3. The fraction of sp³-hybridized carbons (Fsp3) is 0.875. The van der Waals surface area contributed by atoms with Crippen LogP contribution in [-0.2, 0) is 4.84 Å². The number of likely N-dealkylation sites (N-methyl/N-ethyl adjacent to an activating group) is 1. The fourth-order valence-corrected chi connectivity index (χ4v) is 1.40. The maximum absolute atomic E-state index is 11.3. The van der Waals surface area contributed by atoms with Gasteiger partial charge in [-0.1, -0.05) is 0 Å². The molecule has 5 nitrogen and oxygen atoms in total. The number of amides is 2. The molecule has 13 heavy (non-hydrogen) atoms. The largest absolute Gasteiger partial charge is 0.341 e. The van der Waals surface area contributed by atoms with Gasteiger partial charge in [-0.3, -0.25) is 4.84 Å². The van der Waals surface area contributed by atoms with Crippen molar-refractivity contribution in [3.8, 4) is 0 Å². The van der Waals surface area contributed by atoms with Crippen LogP contribution in [0.2, 0.25) is 0 Å². The second-order valence-electron chi connectivity index (χ2n) is 3.26. The average Bonchev–Trinajstić information content (AvgIpc) is 2.30. The van der Waals surface area contributed by atoms with Gasteiger partial charge in [0.05, 0.1) is 7.11 Å². The predicted molar refractivity (Wildman–Crippen MR) is 49.2 cm³/mol. The van der Waals surface area contributed by atoms with Gasteiger partial charge in [0.2, 0.25) is 0 Å². The zero-order valence-electron chi connectivity index (χ0n) is 8.25. The first-order valence-corrected chi connectivity index (χ1v) is 4.50. The number of nitrogens with one attached hydrogen (secondary N) is 1. The van der Waals surface area contributed by atoms with Crippen molar-refractivity contribution in [1.82, 2.24) is 15.3 Å². The molecule has 1 N–H and O–H groups in total. The minimum absolute atomic E-state index is 0.141. The number of hydrogen-bond acceptors (Lipinski definition) is 3. The molecule has 1 aliphatic heterocycles. The van der Waals surface area contributed by atoms with E-state index in [1.165, 1.54) is 7.11 Å². The number of hydroxylamine groups is 1. The number of nitrogens with zero attached hydrogens (tertiary/aromatic N) is 2. The Morgan fingerprint density at radius 1 is 1.31 bits per heavy atom. The van der Waals surface area contributed by atoms with Gasteiger partial charge >= 0.3 is 6.03 Å². The van der Waals surface area contributed by atoms with Crippen LogP contribution in [0.3, 0.4) is 0 Å². The van der Waals surface area contributed by atoms with Crippen LogP contribution in [0, 0.1) is 0 Å². The maximum Gasteiger partial charge on any atom is 0.341 e. The molecule has 1 rings (SSSR count). The molecular formula is C8H17N3O2. The number of carbonyl (C=O) groups is 1. The van der Waals surface area contributed by atoms with Gasteiger partial charge in [0.25, 0.3) is 0 Å². The topological polar surface area (TPSA) is 44.8 Å². The highest BCUT2D eigenvalue weighted by atomic mass is 16.6. The third-order valence-corrected chi connectivity index (χ3v) is 2.20. The first-order chi connectivity index (χ1) is 6.24. The second-order valence-corrected chi connectivity index (χ2v) is 3.26. The minimum atomic E-state index is -0.141. The lowest BCUT2D eigenvalue weighted by Crippen LogP contribution is -2.41. The van der Waals surface area contributed by atoms with E-state index in [1.807, 2.05) is 0 Å². The van der Waals surface area contributed by atoms with Gasteiger partial charge in [-0.25, -0.2) is 10.3 Å². The normalized spacial score (nSPS) is 19.7. The Balaban J connectivity index is 2.37. The Hall–Kier alpha value is -0.810. The first kappa shape index (κ1) is 10.3. The zero-order valence-corrected chi connectivity index (χ0v) is 8.25.